The standard InChI is InChI=1S/C19H33N3O2S2.HI/c1-18(2,3)26(23,24)14-12-21-17(20-4)22-15-19(10-6-5-7-11-19)16-9-8-13-25-16;/h8-9,13H,5-7,10-12,14-15H2,1-4H3,(H2,20,21,22);1H. The van der Waals surface area contributed by atoms with E-state index in [1.807, 2.05) is 11.3 Å². The van der Waals surface area contributed by atoms with Crippen molar-refractivity contribution in [2.75, 3.05) is 25.9 Å². The first-order valence-corrected chi connectivity index (χ1v) is 11.9. The number of sulfone groups is 1. The van der Waals surface area contributed by atoms with Crippen LogP contribution in [-0.4, -0.2) is 45.0 Å². The molecule has 5 nitrogen and oxygen atoms in total. The Labute approximate surface area is 185 Å². The zero-order chi connectivity index (χ0) is 19.3. The van der Waals surface area contributed by atoms with Crippen LogP contribution < -0.4 is 10.6 Å². The minimum Gasteiger partial charge on any atom is -0.355 e. The van der Waals surface area contributed by atoms with Crippen molar-refractivity contribution in [2.45, 2.75) is 63.0 Å². The second kappa shape index (κ2) is 10.4. The van der Waals surface area contributed by atoms with Gasteiger partial charge in [-0.15, -0.1) is 35.3 Å². The Bertz CT molecular complexity index is 689. The van der Waals surface area contributed by atoms with Crippen LogP contribution in [0.1, 0.15) is 57.8 Å². The van der Waals surface area contributed by atoms with Gasteiger partial charge >= 0.3 is 0 Å². The fraction of sp³-hybridized carbons (Fsp3) is 0.737. The van der Waals surface area contributed by atoms with Crippen molar-refractivity contribution in [3.05, 3.63) is 22.4 Å². The molecule has 1 aromatic heterocycles. The molecular weight excluding hydrogens is 493 g/mol. The van der Waals surface area contributed by atoms with Crippen molar-refractivity contribution in [1.82, 2.24) is 10.6 Å². The molecule has 0 bridgehead atoms. The predicted molar refractivity (Wildman–Crippen MR) is 127 cm³/mol. The smallest absolute Gasteiger partial charge is 0.191 e. The third kappa shape index (κ3) is 6.59. The van der Waals surface area contributed by atoms with Gasteiger partial charge in [0.15, 0.2) is 15.8 Å². The summed E-state index contributed by atoms with van der Waals surface area (Å²) in [5, 5.41) is 8.76. The molecule has 0 unspecified atom stereocenters. The highest BCUT2D eigenvalue weighted by Gasteiger charge is 2.35. The maximum Gasteiger partial charge on any atom is 0.191 e. The van der Waals surface area contributed by atoms with Crippen LogP contribution in [0.5, 0.6) is 0 Å². The Morgan fingerprint density at radius 3 is 2.41 bits per heavy atom. The van der Waals surface area contributed by atoms with Crippen molar-refractivity contribution >= 4 is 51.1 Å². The van der Waals surface area contributed by atoms with Gasteiger partial charge in [-0.1, -0.05) is 25.3 Å². The Balaban J connectivity index is 0.00000364. The van der Waals surface area contributed by atoms with Gasteiger partial charge < -0.3 is 10.6 Å². The molecule has 0 saturated heterocycles. The molecule has 0 aromatic carbocycles. The monoisotopic (exact) mass is 527 g/mol. The SMILES string of the molecule is CN=C(NCCS(=O)(=O)C(C)(C)C)NCC1(c2cccs2)CCCCC1.I. The highest BCUT2D eigenvalue weighted by atomic mass is 127. The van der Waals surface area contributed by atoms with Gasteiger partial charge in [-0.3, -0.25) is 4.99 Å². The second-order valence-electron chi connectivity index (χ2n) is 8.10. The fourth-order valence-corrected chi connectivity index (χ4v) is 5.37. The number of hydrogen-bond donors (Lipinski definition) is 2. The van der Waals surface area contributed by atoms with Crippen molar-refractivity contribution in [3.8, 4) is 0 Å². The summed E-state index contributed by atoms with van der Waals surface area (Å²) >= 11 is 1.83. The molecule has 0 radical (unpaired) electrons. The number of halogens is 1. The molecule has 1 heterocycles. The Morgan fingerprint density at radius 1 is 1.22 bits per heavy atom. The molecule has 0 atom stereocenters. The van der Waals surface area contributed by atoms with Gasteiger partial charge in [-0.25, -0.2) is 8.42 Å². The highest BCUT2D eigenvalue weighted by Crippen LogP contribution is 2.41. The molecule has 0 aliphatic heterocycles. The van der Waals surface area contributed by atoms with Gasteiger partial charge in [0, 0.05) is 30.4 Å². The molecule has 0 spiro atoms. The lowest BCUT2D eigenvalue weighted by molar-refractivity contribution is 0.296. The van der Waals surface area contributed by atoms with E-state index in [-0.39, 0.29) is 35.1 Å². The van der Waals surface area contributed by atoms with Gasteiger partial charge in [-0.05, 0) is 45.1 Å². The van der Waals surface area contributed by atoms with Gasteiger partial charge in [0.05, 0.1) is 10.5 Å². The van der Waals surface area contributed by atoms with E-state index in [4.69, 9.17) is 0 Å². The van der Waals surface area contributed by atoms with Crippen molar-refractivity contribution in [2.24, 2.45) is 4.99 Å². The topological polar surface area (TPSA) is 70.6 Å². The number of thiophene rings is 1. The molecule has 1 aliphatic carbocycles. The third-order valence-corrected chi connectivity index (χ3v) is 8.99. The molecule has 8 heteroatoms. The van der Waals surface area contributed by atoms with Crippen LogP contribution in [0.25, 0.3) is 0 Å². The van der Waals surface area contributed by atoms with Crippen LogP contribution in [0, 0.1) is 0 Å². The minimum absolute atomic E-state index is 0. The maximum atomic E-state index is 12.2. The minimum atomic E-state index is -3.13. The van der Waals surface area contributed by atoms with Crippen molar-refractivity contribution in [3.63, 3.8) is 0 Å². The molecule has 1 fully saturated rings. The largest absolute Gasteiger partial charge is 0.355 e. The van der Waals surface area contributed by atoms with E-state index in [1.165, 1.54) is 37.0 Å². The highest BCUT2D eigenvalue weighted by molar-refractivity contribution is 14.0. The van der Waals surface area contributed by atoms with Crippen molar-refractivity contribution in [1.29, 1.82) is 0 Å². The molecule has 1 aliphatic rings. The van der Waals surface area contributed by atoms with E-state index in [1.54, 1.807) is 27.8 Å². The number of nitrogens with one attached hydrogen (secondary N) is 2. The number of rotatable bonds is 6. The lowest BCUT2D eigenvalue weighted by Crippen LogP contribution is -2.47. The molecule has 0 amide bonds. The number of guanidine groups is 1. The summed E-state index contributed by atoms with van der Waals surface area (Å²) in [5.74, 6) is 0.781. The van der Waals surface area contributed by atoms with E-state index in [2.05, 4.69) is 33.1 Å². The normalized spacial score (nSPS) is 17.9. The summed E-state index contributed by atoms with van der Waals surface area (Å²) in [6.07, 6.45) is 6.21. The summed E-state index contributed by atoms with van der Waals surface area (Å²) in [6, 6.07) is 4.37. The predicted octanol–water partition coefficient (Wildman–Crippen LogP) is 3.95. The lowest BCUT2D eigenvalue weighted by Gasteiger charge is -2.37. The van der Waals surface area contributed by atoms with E-state index in [0.717, 1.165) is 6.54 Å². The van der Waals surface area contributed by atoms with Gasteiger partial charge in [0.1, 0.15) is 0 Å². The van der Waals surface area contributed by atoms with Crippen LogP contribution in [0.2, 0.25) is 0 Å². The molecule has 27 heavy (non-hydrogen) atoms. The van der Waals surface area contributed by atoms with Crippen molar-refractivity contribution < 1.29 is 8.42 Å². The zero-order valence-corrected chi connectivity index (χ0v) is 20.8. The molecule has 1 saturated carbocycles. The zero-order valence-electron chi connectivity index (χ0n) is 16.9. The first-order valence-electron chi connectivity index (χ1n) is 9.41. The van der Waals surface area contributed by atoms with Gasteiger partial charge in [0.2, 0.25) is 0 Å². The van der Waals surface area contributed by atoms with Crippen LogP contribution in [-0.2, 0) is 15.3 Å². The average Bonchev–Trinajstić information content (AvgIpc) is 3.13. The van der Waals surface area contributed by atoms with E-state index < -0.39 is 14.6 Å². The van der Waals surface area contributed by atoms with E-state index in [0.29, 0.717) is 12.5 Å². The fourth-order valence-electron chi connectivity index (χ4n) is 3.40. The maximum absolute atomic E-state index is 12.2. The van der Waals surface area contributed by atoms with Crippen LogP contribution >= 0.6 is 35.3 Å². The quantitative estimate of drug-likeness (QED) is 0.334. The average molecular weight is 528 g/mol. The molecule has 2 N–H and O–H groups in total. The summed E-state index contributed by atoms with van der Waals surface area (Å²) in [6.45, 7) is 6.42. The first kappa shape index (κ1) is 24.7. The summed E-state index contributed by atoms with van der Waals surface area (Å²) in [4.78, 5) is 5.71. The van der Waals surface area contributed by atoms with Gasteiger partial charge in [-0.2, -0.15) is 0 Å². The third-order valence-electron chi connectivity index (χ3n) is 5.27. The molecule has 2 rings (SSSR count). The van der Waals surface area contributed by atoms with Crippen LogP contribution in [0.4, 0.5) is 0 Å². The molecular formula is C19H34IN3O2S2. The summed E-state index contributed by atoms with van der Waals surface area (Å²) in [5.41, 5.74) is 0.168. The molecule has 1 aromatic rings. The lowest BCUT2D eigenvalue weighted by atomic mass is 9.73. The number of aliphatic imine (C=N–C) groups is 1. The van der Waals surface area contributed by atoms with Gasteiger partial charge in [0.25, 0.3) is 0 Å². The first-order chi connectivity index (χ1) is 12.2. The summed E-state index contributed by atoms with van der Waals surface area (Å²) < 4.78 is 23.7. The second-order valence-corrected chi connectivity index (χ2v) is 11.9. The van der Waals surface area contributed by atoms with Crippen LogP contribution in [0.15, 0.2) is 22.5 Å². The number of nitrogens with zero attached hydrogens (tertiary/aromatic N) is 1. The Kier molecular flexibility index (Phi) is 9.54. The van der Waals surface area contributed by atoms with Crippen LogP contribution in [0.3, 0.4) is 0 Å². The van der Waals surface area contributed by atoms with E-state index >= 15 is 0 Å². The molecule has 156 valence electrons. The summed E-state index contributed by atoms with van der Waals surface area (Å²) in [7, 11) is -1.40. The van der Waals surface area contributed by atoms with E-state index in [9.17, 15) is 8.42 Å². The number of hydrogen-bond acceptors (Lipinski definition) is 4. The Hall–Kier alpha value is -0.350. The Morgan fingerprint density at radius 2 is 1.89 bits per heavy atom.